The van der Waals surface area contributed by atoms with Crippen molar-refractivity contribution in [3.63, 3.8) is 0 Å². The predicted octanol–water partition coefficient (Wildman–Crippen LogP) is 3.05. The Labute approximate surface area is 152 Å². The maximum Gasteiger partial charge on any atom is 0.119 e. The smallest absolute Gasteiger partial charge is 0.119 e. The minimum atomic E-state index is 0.624. The first-order valence-corrected chi connectivity index (χ1v) is 9.27. The number of benzene rings is 1. The maximum atomic E-state index is 9.36. The predicted molar refractivity (Wildman–Crippen MR) is 98.9 cm³/mol. The van der Waals surface area contributed by atoms with Gasteiger partial charge in [0.15, 0.2) is 0 Å². The van der Waals surface area contributed by atoms with Gasteiger partial charge in [-0.3, -0.25) is 4.90 Å². The topological polar surface area (TPSA) is 58.4 Å². The van der Waals surface area contributed by atoms with Gasteiger partial charge in [0.25, 0.3) is 0 Å². The summed E-state index contributed by atoms with van der Waals surface area (Å²) in [5.41, 5.74) is 2.46. The summed E-state index contributed by atoms with van der Waals surface area (Å²) in [5, 5.41) is 10.1. The second-order valence-electron chi connectivity index (χ2n) is 5.70. The van der Waals surface area contributed by atoms with Crippen LogP contribution in [0, 0.1) is 11.3 Å². The fraction of sp³-hybridized carbons (Fsp3) is 0.368. The van der Waals surface area contributed by atoms with Crippen molar-refractivity contribution in [3.05, 3.63) is 42.0 Å². The van der Waals surface area contributed by atoms with Crippen LogP contribution in [0.15, 0.2) is 41.4 Å². The average molecular weight is 355 g/mol. The summed E-state index contributed by atoms with van der Waals surface area (Å²) in [6, 6.07) is 13.8. The van der Waals surface area contributed by atoms with Gasteiger partial charge in [-0.1, -0.05) is 12.1 Å². The number of hydrogen-bond acceptors (Lipinski definition) is 6. The van der Waals surface area contributed by atoms with Crippen LogP contribution in [0.3, 0.4) is 0 Å². The molecule has 0 amide bonds. The van der Waals surface area contributed by atoms with E-state index in [0.717, 1.165) is 60.6 Å². The Morgan fingerprint density at radius 3 is 2.88 bits per heavy atom. The number of methoxy groups -OCH3 is 1. The molecule has 0 aliphatic carbocycles. The van der Waals surface area contributed by atoms with E-state index in [-0.39, 0.29) is 0 Å². The Balaban J connectivity index is 1.72. The molecule has 5 nitrogen and oxygen atoms in total. The summed E-state index contributed by atoms with van der Waals surface area (Å²) in [6.07, 6.45) is 0. The van der Waals surface area contributed by atoms with Gasteiger partial charge in [-0.25, -0.2) is 4.98 Å². The third-order valence-electron chi connectivity index (χ3n) is 4.10. The zero-order valence-corrected chi connectivity index (χ0v) is 15.1. The lowest BCUT2D eigenvalue weighted by Crippen LogP contribution is -2.37. The van der Waals surface area contributed by atoms with Gasteiger partial charge in [0.05, 0.1) is 31.6 Å². The van der Waals surface area contributed by atoms with E-state index in [9.17, 15) is 5.26 Å². The molecule has 1 aliphatic heterocycles. The third kappa shape index (κ3) is 4.73. The van der Waals surface area contributed by atoms with Crippen LogP contribution in [0.1, 0.15) is 5.56 Å². The van der Waals surface area contributed by atoms with Gasteiger partial charge < -0.3 is 9.47 Å². The zero-order valence-electron chi connectivity index (χ0n) is 14.3. The fourth-order valence-electron chi connectivity index (χ4n) is 2.67. The monoisotopic (exact) mass is 355 g/mol. The lowest BCUT2D eigenvalue weighted by atomic mass is 10.1. The molecule has 3 rings (SSSR count). The number of aromatic nitrogens is 1. The summed E-state index contributed by atoms with van der Waals surface area (Å²) >= 11 is 1.64. The molecule has 0 bridgehead atoms. The first-order chi connectivity index (χ1) is 12.3. The van der Waals surface area contributed by atoms with Gasteiger partial charge in [0.1, 0.15) is 16.8 Å². The standard InChI is InChI=1S/C19H21N3O2S/c1-23-17-4-2-3-15(13-17)18-6-5-16(14-20)19(21-18)25-12-9-22-7-10-24-11-8-22/h2-6,13H,7-12H2,1H3. The average Bonchev–Trinajstić information content (AvgIpc) is 2.69. The van der Waals surface area contributed by atoms with E-state index in [1.54, 1.807) is 18.9 Å². The first kappa shape index (κ1) is 17.7. The second kappa shape index (κ2) is 8.86. The molecule has 0 radical (unpaired) electrons. The van der Waals surface area contributed by atoms with E-state index in [1.165, 1.54) is 0 Å². The van der Waals surface area contributed by atoms with Crippen molar-refractivity contribution in [2.75, 3.05) is 45.7 Å². The third-order valence-corrected chi connectivity index (χ3v) is 5.07. The van der Waals surface area contributed by atoms with E-state index >= 15 is 0 Å². The highest BCUT2D eigenvalue weighted by atomic mass is 32.2. The number of morpholine rings is 1. The van der Waals surface area contributed by atoms with Crippen molar-refractivity contribution in [2.24, 2.45) is 0 Å². The molecular formula is C19H21N3O2S. The molecule has 2 aromatic rings. The van der Waals surface area contributed by atoms with Gasteiger partial charge in [-0.2, -0.15) is 5.26 Å². The quantitative estimate of drug-likeness (QED) is 0.742. The van der Waals surface area contributed by atoms with Gasteiger partial charge in [-0.15, -0.1) is 11.8 Å². The minimum Gasteiger partial charge on any atom is -0.497 e. The number of ether oxygens (including phenoxy) is 2. The van der Waals surface area contributed by atoms with E-state index in [0.29, 0.717) is 5.56 Å². The van der Waals surface area contributed by atoms with E-state index < -0.39 is 0 Å². The molecule has 1 aliphatic rings. The number of pyridine rings is 1. The van der Waals surface area contributed by atoms with Crippen LogP contribution < -0.4 is 4.74 Å². The molecule has 1 aromatic carbocycles. The van der Waals surface area contributed by atoms with Crippen LogP contribution in [0.4, 0.5) is 0 Å². The fourth-order valence-corrected chi connectivity index (χ4v) is 3.65. The Morgan fingerprint density at radius 2 is 2.12 bits per heavy atom. The molecule has 2 heterocycles. The number of rotatable bonds is 6. The minimum absolute atomic E-state index is 0.624. The SMILES string of the molecule is COc1cccc(-c2ccc(C#N)c(SCCN3CCOCC3)n2)c1. The Kier molecular flexibility index (Phi) is 6.29. The molecule has 0 N–H and O–H groups in total. The number of thioether (sulfide) groups is 1. The van der Waals surface area contributed by atoms with Crippen molar-refractivity contribution >= 4 is 11.8 Å². The van der Waals surface area contributed by atoms with E-state index in [4.69, 9.17) is 14.5 Å². The molecule has 130 valence electrons. The van der Waals surface area contributed by atoms with Gasteiger partial charge in [0, 0.05) is 31.0 Å². The highest BCUT2D eigenvalue weighted by Gasteiger charge is 2.12. The van der Waals surface area contributed by atoms with Gasteiger partial charge >= 0.3 is 0 Å². The maximum absolute atomic E-state index is 9.36. The normalized spacial score (nSPS) is 14.9. The first-order valence-electron chi connectivity index (χ1n) is 8.28. The molecule has 6 heteroatoms. The molecule has 0 spiro atoms. The molecule has 0 atom stereocenters. The summed E-state index contributed by atoms with van der Waals surface area (Å²) < 4.78 is 10.7. The lowest BCUT2D eigenvalue weighted by Gasteiger charge is -2.26. The number of hydrogen-bond donors (Lipinski definition) is 0. The van der Waals surface area contributed by atoms with Crippen molar-refractivity contribution in [1.29, 1.82) is 5.26 Å². The Hall–Kier alpha value is -2.07. The van der Waals surface area contributed by atoms with Crippen LogP contribution >= 0.6 is 11.8 Å². The second-order valence-corrected chi connectivity index (χ2v) is 6.78. The van der Waals surface area contributed by atoms with Gasteiger partial charge in [-0.05, 0) is 24.3 Å². The highest BCUT2D eigenvalue weighted by molar-refractivity contribution is 7.99. The van der Waals surface area contributed by atoms with E-state index in [1.807, 2.05) is 36.4 Å². The summed E-state index contributed by atoms with van der Waals surface area (Å²) in [4.78, 5) is 7.10. The van der Waals surface area contributed by atoms with Crippen LogP contribution in [0.5, 0.6) is 5.75 Å². The molecular weight excluding hydrogens is 334 g/mol. The number of nitriles is 1. The Morgan fingerprint density at radius 1 is 1.28 bits per heavy atom. The van der Waals surface area contributed by atoms with Crippen LogP contribution in [0.25, 0.3) is 11.3 Å². The molecule has 1 aromatic heterocycles. The summed E-state index contributed by atoms with van der Waals surface area (Å²) in [5.74, 6) is 1.70. The highest BCUT2D eigenvalue weighted by Crippen LogP contribution is 2.27. The molecule has 0 saturated carbocycles. The summed E-state index contributed by atoms with van der Waals surface area (Å²) in [6.45, 7) is 4.53. The van der Waals surface area contributed by atoms with Crippen molar-refractivity contribution in [2.45, 2.75) is 5.03 Å². The van der Waals surface area contributed by atoms with Crippen molar-refractivity contribution in [1.82, 2.24) is 9.88 Å². The van der Waals surface area contributed by atoms with Crippen LogP contribution in [-0.4, -0.2) is 55.6 Å². The van der Waals surface area contributed by atoms with Crippen molar-refractivity contribution in [3.8, 4) is 23.1 Å². The molecule has 1 fully saturated rings. The molecule has 25 heavy (non-hydrogen) atoms. The number of nitrogens with zero attached hydrogens (tertiary/aromatic N) is 3. The molecule has 0 unspecified atom stereocenters. The summed E-state index contributed by atoms with van der Waals surface area (Å²) in [7, 11) is 1.65. The Bertz CT molecular complexity index is 755. The zero-order chi connectivity index (χ0) is 17.5. The van der Waals surface area contributed by atoms with Gasteiger partial charge in [0.2, 0.25) is 0 Å². The van der Waals surface area contributed by atoms with Crippen molar-refractivity contribution < 1.29 is 9.47 Å². The van der Waals surface area contributed by atoms with Crippen LogP contribution in [-0.2, 0) is 4.74 Å². The lowest BCUT2D eigenvalue weighted by molar-refractivity contribution is 0.0410. The molecule has 1 saturated heterocycles. The van der Waals surface area contributed by atoms with Crippen LogP contribution in [0.2, 0.25) is 0 Å². The van der Waals surface area contributed by atoms with E-state index in [2.05, 4.69) is 11.0 Å². The largest absolute Gasteiger partial charge is 0.497 e.